The number of carbonyl (C=O) groups is 1. The van der Waals surface area contributed by atoms with Crippen molar-refractivity contribution in [2.75, 3.05) is 6.54 Å². The number of nitrogens with one attached hydrogen (secondary N) is 1. The summed E-state index contributed by atoms with van der Waals surface area (Å²) in [5, 5.41) is 2.55. The van der Waals surface area contributed by atoms with E-state index in [1.54, 1.807) is 0 Å². The van der Waals surface area contributed by atoms with Gasteiger partial charge >= 0.3 is 12.1 Å². The Labute approximate surface area is 135 Å². The zero-order valence-corrected chi connectivity index (χ0v) is 13.8. The highest BCUT2D eigenvalue weighted by atomic mass is 19.4. The maximum Gasteiger partial charge on any atom is 0.453 e. The number of hydrogen-bond donors (Lipinski definition) is 1. The summed E-state index contributed by atoms with van der Waals surface area (Å²) in [7, 11) is 0. The van der Waals surface area contributed by atoms with E-state index in [1.165, 1.54) is 32.1 Å². The van der Waals surface area contributed by atoms with Crippen LogP contribution in [0.4, 0.5) is 22.0 Å². The largest absolute Gasteiger partial charge is 0.453 e. The third kappa shape index (κ3) is 11.3. The van der Waals surface area contributed by atoms with Crippen molar-refractivity contribution in [3.63, 3.8) is 0 Å². The number of rotatable bonds is 13. The Morgan fingerprint density at radius 3 is 1.87 bits per heavy atom. The van der Waals surface area contributed by atoms with Crippen molar-refractivity contribution >= 4 is 5.91 Å². The minimum atomic E-state index is -5.54. The summed E-state index contributed by atoms with van der Waals surface area (Å²) >= 11 is 0. The molecular weight excluding hydrogens is 317 g/mol. The van der Waals surface area contributed by atoms with Crippen molar-refractivity contribution in [1.29, 1.82) is 0 Å². The second kappa shape index (κ2) is 11.6. The summed E-state index contributed by atoms with van der Waals surface area (Å²) in [4.78, 5) is 11.3. The minimum absolute atomic E-state index is 0.303. The van der Waals surface area contributed by atoms with Crippen LogP contribution in [0.25, 0.3) is 0 Å². The molecule has 1 amide bonds. The van der Waals surface area contributed by atoms with Gasteiger partial charge in [-0.3, -0.25) is 4.79 Å². The second-order valence-corrected chi connectivity index (χ2v) is 5.88. The van der Waals surface area contributed by atoms with E-state index < -0.39 is 30.8 Å². The highest BCUT2D eigenvalue weighted by molar-refractivity contribution is 5.75. The van der Waals surface area contributed by atoms with E-state index in [2.05, 4.69) is 12.2 Å². The number of amides is 1. The Morgan fingerprint density at radius 1 is 0.826 bits per heavy atom. The van der Waals surface area contributed by atoms with Gasteiger partial charge in [0.1, 0.15) is 0 Å². The molecule has 0 spiro atoms. The summed E-state index contributed by atoms with van der Waals surface area (Å²) < 4.78 is 61.0. The number of alkyl halides is 5. The normalized spacial score (nSPS) is 12.4. The van der Waals surface area contributed by atoms with Crippen LogP contribution in [0.15, 0.2) is 0 Å². The third-order valence-electron chi connectivity index (χ3n) is 3.66. The van der Waals surface area contributed by atoms with Crippen LogP contribution in [-0.2, 0) is 4.79 Å². The van der Waals surface area contributed by atoms with E-state index in [4.69, 9.17) is 0 Å². The van der Waals surface area contributed by atoms with Gasteiger partial charge in [0.15, 0.2) is 0 Å². The van der Waals surface area contributed by atoms with Gasteiger partial charge in [-0.2, -0.15) is 22.0 Å². The van der Waals surface area contributed by atoms with E-state index >= 15 is 0 Å². The van der Waals surface area contributed by atoms with Crippen molar-refractivity contribution in [2.24, 2.45) is 0 Å². The molecule has 138 valence electrons. The van der Waals surface area contributed by atoms with Gasteiger partial charge in [-0.1, -0.05) is 51.9 Å². The quantitative estimate of drug-likeness (QED) is 0.341. The highest BCUT2D eigenvalue weighted by Crippen LogP contribution is 2.38. The fourth-order valence-electron chi connectivity index (χ4n) is 2.19. The highest BCUT2D eigenvalue weighted by Gasteiger charge is 2.56. The van der Waals surface area contributed by atoms with Crippen molar-refractivity contribution in [2.45, 2.75) is 89.7 Å². The molecule has 0 aromatic carbocycles. The van der Waals surface area contributed by atoms with Crippen LogP contribution in [-0.4, -0.2) is 24.6 Å². The van der Waals surface area contributed by atoms with E-state index in [1.807, 2.05) is 0 Å². The van der Waals surface area contributed by atoms with Crippen LogP contribution in [0.1, 0.15) is 77.6 Å². The lowest BCUT2D eigenvalue weighted by Gasteiger charge is -2.19. The first-order valence-corrected chi connectivity index (χ1v) is 8.42. The summed E-state index contributed by atoms with van der Waals surface area (Å²) in [5.74, 6) is -5.18. The number of hydrogen-bond acceptors (Lipinski definition) is 1. The first kappa shape index (κ1) is 22.1. The van der Waals surface area contributed by atoms with Crippen molar-refractivity contribution < 1.29 is 26.7 Å². The molecule has 0 heterocycles. The molecule has 23 heavy (non-hydrogen) atoms. The van der Waals surface area contributed by atoms with Gasteiger partial charge < -0.3 is 5.32 Å². The smallest absolute Gasteiger partial charge is 0.356 e. The molecule has 0 aliphatic carbocycles. The molecule has 0 saturated carbocycles. The average Bonchev–Trinajstić information content (AvgIpc) is 2.44. The number of carbonyl (C=O) groups excluding carboxylic acids is 1. The average molecular weight is 345 g/mol. The molecular formula is C16H28F5NO. The fourth-order valence-corrected chi connectivity index (χ4v) is 2.19. The summed E-state index contributed by atoms with van der Waals surface area (Å²) in [6.45, 7) is 2.61. The first-order chi connectivity index (χ1) is 10.7. The fraction of sp³-hybridized carbons (Fsp3) is 0.938. The molecule has 0 aromatic heterocycles. The van der Waals surface area contributed by atoms with Gasteiger partial charge in [0.25, 0.3) is 0 Å². The minimum Gasteiger partial charge on any atom is -0.356 e. The molecule has 0 fully saturated rings. The molecule has 0 atom stereocenters. The first-order valence-electron chi connectivity index (χ1n) is 8.42. The van der Waals surface area contributed by atoms with Crippen LogP contribution in [0.5, 0.6) is 0 Å². The van der Waals surface area contributed by atoms with Gasteiger partial charge in [0.2, 0.25) is 5.91 Å². The van der Waals surface area contributed by atoms with E-state index in [9.17, 15) is 26.7 Å². The molecule has 0 unspecified atom stereocenters. The Morgan fingerprint density at radius 2 is 1.35 bits per heavy atom. The van der Waals surface area contributed by atoms with Crippen LogP contribution in [0.2, 0.25) is 0 Å². The number of halogens is 5. The van der Waals surface area contributed by atoms with Crippen LogP contribution < -0.4 is 5.32 Å². The summed E-state index contributed by atoms with van der Waals surface area (Å²) in [5.41, 5.74) is 0. The SMILES string of the molecule is CCCCCCCCCCNC(=O)CCCC(F)(F)C(F)(F)F. The standard InChI is InChI=1S/C16H28F5NO/c1-2-3-4-5-6-7-8-9-13-22-14(23)11-10-12-15(17,18)16(19,20)21/h2-13H2,1H3,(H,22,23). The zero-order valence-electron chi connectivity index (χ0n) is 13.8. The molecule has 0 aromatic rings. The Bertz CT molecular complexity index is 318. The second-order valence-electron chi connectivity index (χ2n) is 5.88. The molecule has 1 N–H and O–H groups in total. The van der Waals surface area contributed by atoms with E-state index in [-0.39, 0.29) is 6.42 Å². The maximum absolute atomic E-state index is 12.6. The lowest BCUT2D eigenvalue weighted by atomic mass is 10.1. The summed E-state index contributed by atoms with van der Waals surface area (Å²) in [6.07, 6.45) is 1.31. The lowest BCUT2D eigenvalue weighted by Crippen LogP contribution is -2.36. The predicted molar refractivity (Wildman–Crippen MR) is 80.5 cm³/mol. The van der Waals surface area contributed by atoms with Crippen LogP contribution in [0, 0.1) is 0 Å². The van der Waals surface area contributed by atoms with Gasteiger partial charge in [-0.25, -0.2) is 0 Å². The molecule has 2 nitrogen and oxygen atoms in total. The third-order valence-corrected chi connectivity index (χ3v) is 3.66. The van der Waals surface area contributed by atoms with E-state index in [0.717, 1.165) is 19.3 Å². The van der Waals surface area contributed by atoms with E-state index in [0.29, 0.717) is 6.54 Å². The monoisotopic (exact) mass is 345 g/mol. The van der Waals surface area contributed by atoms with Crippen molar-refractivity contribution in [3.8, 4) is 0 Å². The molecule has 0 radical (unpaired) electrons. The van der Waals surface area contributed by atoms with Crippen LogP contribution in [0.3, 0.4) is 0 Å². The topological polar surface area (TPSA) is 29.1 Å². The lowest BCUT2D eigenvalue weighted by molar-refractivity contribution is -0.284. The van der Waals surface area contributed by atoms with Gasteiger partial charge in [0, 0.05) is 19.4 Å². The van der Waals surface area contributed by atoms with Crippen LogP contribution >= 0.6 is 0 Å². The van der Waals surface area contributed by atoms with Gasteiger partial charge in [-0.15, -0.1) is 0 Å². The number of unbranched alkanes of at least 4 members (excludes halogenated alkanes) is 7. The predicted octanol–water partition coefficient (Wildman–Crippen LogP) is 5.61. The zero-order chi connectivity index (χ0) is 17.8. The Kier molecular flexibility index (Phi) is 11.2. The molecule has 0 rings (SSSR count). The molecule has 7 heteroatoms. The Hall–Kier alpha value is -0.880. The van der Waals surface area contributed by atoms with Crippen molar-refractivity contribution in [3.05, 3.63) is 0 Å². The molecule has 0 aliphatic heterocycles. The Balaban J connectivity index is 3.51. The van der Waals surface area contributed by atoms with Crippen molar-refractivity contribution in [1.82, 2.24) is 5.32 Å². The van der Waals surface area contributed by atoms with Gasteiger partial charge in [-0.05, 0) is 12.8 Å². The summed E-state index contributed by atoms with van der Waals surface area (Å²) in [6, 6.07) is 0. The molecule has 0 aliphatic rings. The maximum atomic E-state index is 12.6. The molecule has 0 bridgehead atoms. The van der Waals surface area contributed by atoms with Gasteiger partial charge in [0.05, 0.1) is 0 Å². The molecule has 0 saturated heterocycles.